The number of nitrogens with one attached hydrogen (secondary N) is 1. The molecule has 31 heavy (non-hydrogen) atoms. The van der Waals surface area contributed by atoms with E-state index in [1.165, 1.54) is 12.5 Å². The van der Waals surface area contributed by atoms with Gasteiger partial charge in [-0.3, -0.25) is 9.59 Å². The largest absolute Gasteiger partial charge is 0.487 e. The number of hydrogen-bond acceptors (Lipinski definition) is 7. The average molecular weight is 419 g/mol. The van der Waals surface area contributed by atoms with Crippen LogP contribution in [-0.2, 0) is 4.79 Å². The molecule has 0 atom stereocenters. The van der Waals surface area contributed by atoms with Gasteiger partial charge in [0.1, 0.15) is 18.1 Å². The Balaban J connectivity index is 1.06. The molecule has 1 N–H and O–H groups in total. The highest BCUT2D eigenvalue weighted by Gasteiger charge is 2.34. The first-order valence-corrected chi connectivity index (χ1v) is 10.1. The minimum absolute atomic E-state index is 0.000623. The van der Waals surface area contributed by atoms with Crippen LogP contribution in [-0.4, -0.2) is 59.2 Å². The molecule has 0 aliphatic carbocycles. The van der Waals surface area contributed by atoms with Crippen LogP contribution in [0.15, 0.2) is 65.7 Å². The van der Waals surface area contributed by atoms with E-state index in [0.717, 1.165) is 11.4 Å². The fourth-order valence-corrected chi connectivity index (χ4v) is 3.63. The molecule has 0 spiro atoms. The van der Waals surface area contributed by atoms with Crippen molar-refractivity contribution >= 4 is 23.2 Å². The van der Waals surface area contributed by atoms with Crippen LogP contribution in [0, 0.1) is 5.92 Å². The summed E-state index contributed by atoms with van der Waals surface area (Å²) in [5.74, 6) is 0.594. The molecule has 2 aliphatic heterocycles. The minimum Gasteiger partial charge on any atom is -0.487 e. The van der Waals surface area contributed by atoms with Gasteiger partial charge in [0.05, 0.1) is 48.9 Å². The number of likely N-dealkylation sites (tertiary alicyclic amines) is 1. The first-order chi connectivity index (χ1) is 15.2. The fourth-order valence-electron chi connectivity index (χ4n) is 3.63. The second kappa shape index (κ2) is 8.10. The third-order valence-corrected chi connectivity index (χ3v) is 5.51. The van der Waals surface area contributed by atoms with Crippen LogP contribution < -0.4 is 15.0 Å². The molecule has 2 aliphatic rings. The number of nitrogens with zero attached hydrogens (tertiary/aromatic N) is 4. The number of amides is 2. The Morgan fingerprint density at radius 1 is 1.03 bits per heavy atom. The minimum atomic E-state index is -0.0576. The van der Waals surface area contributed by atoms with Crippen molar-refractivity contribution < 1.29 is 18.7 Å². The van der Waals surface area contributed by atoms with Gasteiger partial charge in [-0.1, -0.05) is 0 Å². The number of furan rings is 1. The quantitative estimate of drug-likeness (QED) is 0.653. The molecule has 0 radical (unpaired) electrons. The summed E-state index contributed by atoms with van der Waals surface area (Å²) >= 11 is 0. The van der Waals surface area contributed by atoms with Gasteiger partial charge >= 0.3 is 0 Å². The molecule has 9 nitrogen and oxygen atoms in total. The Morgan fingerprint density at radius 2 is 1.84 bits per heavy atom. The standard InChI is InChI=1S/C22H21N5O4/c28-21(16-10-26(11-16)18-5-7-23-24-9-18)25-17-1-3-19(4-2-17)31-20-12-27(13-20)22(29)15-6-8-30-14-15/h1-9,14,16,20H,10-13H2,(H,25,28). The van der Waals surface area contributed by atoms with E-state index in [1.807, 2.05) is 30.3 Å². The van der Waals surface area contributed by atoms with Gasteiger partial charge in [-0.2, -0.15) is 10.2 Å². The normalized spacial score (nSPS) is 16.4. The maximum atomic E-state index is 12.4. The topological polar surface area (TPSA) is 101 Å². The third kappa shape index (κ3) is 4.07. The monoisotopic (exact) mass is 419 g/mol. The molecular weight excluding hydrogens is 398 g/mol. The SMILES string of the molecule is O=C(Nc1ccc(OC2CN(C(=O)c3ccoc3)C2)cc1)C1CN(c2ccnnc2)C1. The zero-order valence-electron chi connectivity index (χ0n) is 16.7. The molecule has 2 amide bonds. The van der Waals surface area contributed by atoms with Crippen molar-refractivity contribution in [2.45, 2.75) is 6.10 Å². The zero-order chi connectivity index (χ0) is 21.2. The summed E-state index contributed by atoms with van der Waals surface area (Å²) in [4.78, 5) is 28.4. The van der Waals surface area contributed by atoms with Gasteiger partial charge in [0.2, 0.25) is 5.91 Å². The number of carbonyl (C=O) groups is 2. The first kappa shape index (κ1) is 19.1. The van der Waals surface area contributed by atoms with E-state index in [4.69, 9.17) is 9.15 Å². The van der Waals surface area contributed by atoms with Gasteiger partial charge in [-0.25, -0.2) is 0 Å². The predicted molar refractivity (Wildman–Crippen MR) is 112 cm³/mol. The van der Waals surface area contributed by atoms with Gasteiger partial charge in [-0.15, -0.1) is 0 Å². The highest BCUT2D eigenvalue weighted by molar-refractivity contribution is 5.95. The predicted octanol–water partition coefficient (Wildman–Crippen LogP) is 2.05. The molecule has 0 saturated carbocycles. The Bertz CT molecular complexity index is 1040. The maximum Gasteiger partial charge on any atom is 0.257 e. The van der Waals surface area contributed by atoms with E-state index in [9.17, 15) is 9.59 Å². The van der Waals surface area contributed by atoms with E-state index < -0.39 is 0 Å². The van der Waals surface area contributed by atoms with E-state index >= 15 is 0 Å². The highest BCUT2D eigenvalue weighted by atomic mass is 16.5. The van der Waals surface area contributed by atoms with E-state index in [2.05, 4.69) is 20.4 Å². The first-order valence-electron chi connectivity index (χ1n) is 10.1. The van der Waals surface area contributed by atoms with Crippen molar-refractivity contribution in [3.8, 4) is 5.75 Å². The number of anilines is 2. The Labute approximate surface area is 178 Å². The van der Waals surface area contributed by atoms with Crippen molar-refractivity contribution in [1.82, 2.24) is 15.1 Å². The number of aromatic nitrogens is 2. The number of hydrogen-bond donors (Lipinski definition) is 1. The van der Waals surface area contributed by atoms with Crippen LogP contribution in [0.25, 0.3) is 0 Å². The summed E-state index contributed by atoms with van der Waals surface area (Å²) in [7, 11) is 0. The molecule has 2 aromatic heterocycles. The summed E-state index contributed by atoms with van der Waals surface area (Å²) in [6, 6.07) is 10.8. The van der Waals surface area contributed by atoms with Gasteiger partial charge in [0.15, 0.2) is 0 Å². The van der Waals surface area contributed by atoms with Gasteiger partial charge < -0.3 is 24.3 Å². The average Bonchev–Trinajstić information content (AvgIpc) is 3.26. The second-order valence-electron chi connectivity index (χ2n) is 7.68. The van der Waals surface area contributed by atoms with E-state index in [1.54, 1.807) is 23.4 Å². The zero-order valence-corrected chi connectivity index (χ0v) is 16.7. The molecular formula is C22H21N5O4. The summed E-state index contributed by atoms with van der Waals surface area (Å²) in [5, 5.41) is 10.6. The summed E-state index contributed by atoms with van der Waals surface area (Å²) < 4.78 is 10.9. The molecule has 4 heterocycles. The fraction of sp³-hybridized carbons (Fsp3) is 0.273. The lowest BCUT2D eigenvalue weighted by atomic mass is 9.98. The van der Waals surface area contributed by atoms with Crippen molar-refractivity contribution in [3.63, 3.8) is 0 Å². The van der Waals surface area contributed by atoms with Gasteiger partial charge in [0, 0.05) is 18.8 Å². The molecule has 2 saturated heterocycles. The van der Waals surface area contributed by atoms with Crippen LogP contribution in [0.2, 0.25) is 0 Å². The Hall–Kier alpha value is -3.88. The lowest BCUT2D eigenvalue weighted by Gasteiger charge is -2.39. The van der Waals surface area contributed by atoms with Crippen molar-refractivity contribution in [2.24, 2.45) is 5.92 Å². The van der Waals surface area contributed by atoms with Gasteiger partial charge in [0.25, 0.3) is 5.91 Å². The Morgan fingerprint density at radius 3 is 2.52 bits per heavy atom. The third-order valence-electron chi connectivity index (χ3n) is 5.51. The Kier molecular flexibility index (Phi) is 4.99. The van der Waals surface area contributed by atoms with Crippen LogP contribution in [0.4, 0.5) is 11.4 Å². The smallest absolute Gasteiger partial charge is 0.257 e. The van der Waals surface area contributed by atoms with Crippen LogP contribution >= 0.6 is 0 Å². The highest BCUT2D eigenvalue weighted by Crippen LogP contribution is 2.25. The molecule has 1 aromatic carbocycles. The second-order valence-corrected chi connectivity index (χ2v) is 7.68. The number of ether oxygens (including phenoxy) is 1. The van der Waals surface area contributed by atoms with Gasteiger partial charge in [-0.05, 0) is 36.4 Å². The van der Waals surface area contributed by atoms with Crippen molar-refractivity contribution in [1.29, 1.82) is 0 Å². The van der Waals surface area contributed by atoms with Crippen LogP contribution in [0.1, 0.15) is 10.4 Å². The summed E-state index contributed by atoms with van der Waals surface area (Å²) in [6.07, 6.45) is 6.23. The van der Waals surface area contributed by atoms with Crippen LogP contribution in [0.5, 0.6) is 5.75 Å². The van der Waals surface area contributed by atoms with Crippen molar-refractivity contribution in [3.05, 3.63) is 66.9 Å². The van der Waals surface area contributed by atoms with Crippen molar-refractivity contribution in [2.75, 3.05) is 36.4 Å². The molecule has 158 valence electrons. The molecule has 9 heteroatoms. The molecule has 0 bridgehead atoms. The van der Waals surface area contributed by atoms with E-state index in [0.29, 0.717) is 37.5 Å². The lowest BCUT2D eigenvalue weighted by Crippen LogP contribution is -2.56. The van der Waals surface area contributed by atoms with Crippen LogP contribution in [0.3, 0.4) is 0 Å². The molecule has 3 aromatic rings. The summed E-state index contributed by atoms with van der Waals surface area (Å²) in [6.45, 7) is 2.39. The maximum absolute atomic E-state index is 12.4. The lowest BCUT2D eigenvalue weighted by molar-refractivity contribution is -0.120. The summed E-state index contributed by atoms with van der Waals surface area (Å²) in [5.41, 5.74) is 2.25. The number of carbonyl (C=O) groups excluding carboxylic acids is 2. The number of benzene rings is 1. The van der Waals surface area contributed by atoms with E-state index in [-0.39, 0.29) is 23.8 Å². The molecule has 0 unspecified atom stereocenters. The molecule has 5 rings (SSSR count). The molecule has 2 fully saturated rings. The number of rotatable bonds is 6.